The van der Waals surface area contributed by atoms with Crippen LogP contribution in [-0.2, 0) is 32.1 Å². The van der Waals surface area contributed by atoms with Crippen molar-refractivity contribution >= 4 is 39.5 Å². The van der Waals surface area contributed by atoms with E-state index in [1.165, 1.54) is 0 Å². The number of rotatable bonds is 11. The first-order valence-electron chi connectivity index (χ1n) is 14.8. The Morgan fingerprint density at radius 2 is 1.77 bits per heavy atom. The fourth-order valence-corrected chi connectivity index (χ4v) is 5.59. The molecule has 0 bridgehead atoms. The SMILES string of the molecule is COCc1nnc(-c2ccc(NC(=O)[C@H](Cc3cccc(Br)c3)NC(=O)[C@H]3CC[C@H](CNC(=O)OC(C)(C)C)CC3)cc2)[nH]1. The number of aromatic amines is 1. The van der Waals surface area contributed by atoms with Gasteiger partial charge in [0.1, 0.15) is 18.2 Å². The number of benzene rings is 2. The van der Waals surface area contributed by atoms with Gasteiger partial charge in [-0.1, -0.05) is 28.1 Å². The molecule has 1 fully saturated rings. The van der Waals surface area contributed by atoms with E-state index in [1.807, 2.05) is 57.2 Å². The summed E-state index contributed by atoms with van der Waals surface area (Å²) < 4.78 is 11.3. The molecule has 0 radical (unpaired) electrons. The Kier molecular flexibility index (Phi) is 11.5. The molecule has 0 spiro atoms. The molecule has 1 aliphatic carbocycles. The van der Waals surface area contributed by atoms with Crippen molar-refractivity contribution in [3.8, 4) is 11.4 Å². The van der Waals surface area contributed by atoms with Crippen molar-refractivity contribution in [2.24, 2.45) is 11.8 Å². The Morgan fingerprint density at radius 1 is 1.05 bits per heavy atom. The number of nitrogens with one attached hydrogen (secondary N) is 4. The number of hydrogen-bond acceptors (Lipinski definition) is 7. The van der Waals surface area contributed by atoms with Crippen molar-refractivity contribution < 1.29 is 23.9 Å². The highest BCUT2D eigenvalue weighted by Crippen LogP contribution is 2.29. The average molecular weight is 670 g/mol. The Balaban J connectivity index is 1.36. The Labute approximate surface area is 266 Å². The second-order valence-electron chi connectivity index (χ2n) is 12.1. The number of anilines is 1. The van der Waals surface area contributed by atoms with E-state index < -0.39 is 17.7 Å². The lowest BCUT2D eigenvalue weighted by atomic mass is 9.81. The van der Waals surface area contributed by atoms with Gasteiger partial charge in [0.2, 0.25) is 11.8 Å². The minimum absolute atomic E-state index is 0.133. The summed E-state index contributed by atoms with van der Waals surface area (Å²) in [5.41, 5.74) is 1.79. The summed E-state index contributed by atoms with van der Waals surface area (Å²) in [5, 5.41) is 17.0. The molecule has 12 heteroatoms. The molecule has 3 aromatic rings. The first kappa shape index (κ1) is 33.1. The number of halogens is 1. The van der Waals surface area contributed by atoms with Crippen LogP contribution in [0, 0.1) is 11.8 Å². The first-order valence-corrected chi connectivity index (χ1v) is 15.6. The molecule has 1 aliphatic rings. The fraction of sp³-hybridized carbons (Fsp3) is 0.469. The van der Waals surface area contributed by atoms with Crippen molar-refractivity contribution in [1.82, 2.24) is 25.8 Å². The second-order valence-corrected chi connectivity index (χ2v) is 13.0. The number of aromatic nitrogens is 3. The van der Waals surface area contributed by atoms with Crippen LogP contribution in [0.25, 0.3) is 11.4 Å². The van der Waals surface area contributed by atoms with Crippen molar-refractivity contribution in [1.29, 1.82) is 0 Å². The van der Waals surface area contributed by atoms with E-state index in [2.05, 4.69) is 47.1 Å². The van der Waals surface area contributed by atoms with Crippen LogP contribution in [0.5, 0.6) is 0 Å². The van der Waals surface area contributed by atoms with Gasteiger partial charge in [-0.25, -0.2) is 4.79 Å². The zero-order valence-corrected chi connectivity index (χ0v) is 27.2. The third kappa shape index (κ3) is 10.2. The van der Waals surface area contributed by atoms with E-state index in [9.17, 15) is 14.4 Å². The highest BCUT2D eigenvalue weighted by molar-refractivity contribution is 9.10. The minimum Gasteiger partial charge on any atom is -0.444 e. The van der Waals surface area contributed by atoms with E-state index in [1.54, 1.807) is 19.2 Å². The summed E-state index contributed by atoms with van der Waals surface area (Å²) in [6.45, 7) is 6.33. The maximum atomic E-state index is 13.5. The molecule has 1 aromatic heterocycles. The summed E-state index contributed by atoms with van der Waals surface area (Å²) in [4.78, 5) is 42.0. The summed E-state index contributed by atoms with van der Waals surface area (Å²) >= 11 is 3.49. The van der Waals surface area contributed by atoms with Crippen LogP contribution in [0.3, 0.4) is 0 Å². The molecular formula is C32H41BrN6O5. The van der Waals surface area contributed by atoms with E-state index in [4.69, 9.17) is 9.47 Å². The van der Waals surface area contributed by atoms with Gasteiger partial charge in [0.15, 0.2) is 11.6 Å². The van der Waals surface area contributed by atoms with Gasteiger partial charge in [0, 0.05) is 41.7 Å². The van der Waals surface area contributed by atoms with Gasteiger partial charge < -0.3 is 30.4 Å². The molecule has 4 N–H and O–H groups in total. The van der Waals surface area contributed by atoms with Crippen LogP contribution < -0.4 is 16.0 Å². The van der Waals surface area contributed by atoms with Gasteiger partial charge in [-0.15, -0.1) is 10.2 Å². The molecule has 2 aromatic carbocycles. The molecule has 3 amide bonds. The summed E-state index contributed by atoms with van der Waals surface area (Å²) in [7, 11) is 1.59. The number of amides is 3. The standard InChI is InChI=1S/C32H41BrN6O5/c1-32(2,3)44-31(42)34-18-20-8-10-23(11-9-20)29(40)36-26(17-21-6-5-7-24(33)16-21)30(41)35-25-14-12-22(13-15-25)28-37-27(19-43-4)38-39-28/h5-7,12-16,20,23,26H,8-11,17-19H2,1-4H3,(H,34,42)(H,35,41)(H,36,40)(H,37,38,39)/t20-,23-,26-/m0/s1. The van der Waals surface area contributed by atoms with Crippen LogP contribution in [0.15, 0.2) is 53.0 Å². The van der Waals surface area contributed by atoms with Crippen LogP contribution in [0.2, 0.25) is 0 Å². The zero-order chi connectivity index (χ0) is 31.7. The third-order valence-corrected chi connectivity index (χ3v) is 7.85. The quantitative estimate of drug-likeness (QED) is 0.215. The first-order chi connectivity index (χ1) is 21.0. The van der Waals surface area contributed by atoms with E-state index in [-0.39, 0.29) is 23.7 Å². The lowest BCUT2D eigenvalue weighted by molar-refractivity contribution is -0.130. The van der Waals surface area contributed by atoms with Gasteiger partial charge in [-0.05, 0) is 94.3 Å². The predicted octanol–water partition coefficient (Wildman–Crippen LogP) is 5.38. The molecule has 0 unspecified atom stereocenters. The maximum Gasteiger partial charge on any atom is 0.407 e. The van der Waals surface area contributed by atoms with Crippen molar-refractivity contribution in [3.05, 3.63) is 64.4 Å². The molecule has 236 valence electrons. The monoisotopic (exact) mass is 668 g/mol. The molecule has 0 saturated heterocycles. The molecule has 1 atom stereocenters. The van der Waals surface area contributed by atoms with Gasteiger partial charge in [-0.3, -0.25) is 9.59 Å². The number of hydrogen-bond donors (Lipinski definition) is 4. The van der Waals surface area contributed by atoms with E-state index in [0.29, 0.717) is 49.8 Å². The van der Waals surface area contributed by atoms with E-state index >= 15 is 0 Å². The van der Waals surface area contributed by atoms with Crippen LogP contribution in [-0.4, -0.2) is 58.4 Å². The number of alkyl carbamates (subject to hydrolysis) is 1. The molecule has 44 heavy (non-hydrogen) atoms. The Bertz CT molecular complexity index is 1410. The predicted molar refractivity (Wildman–Crippen MR) is 171 cm³/mol. The highest BCUT2D eigenvalue weighted by atomic mass is 79.9. The van der Waals surface area contributed by atoms with Crippen molar-refractivity contribution in [2.75, 3.05) is 19.0 Å². The minimum atomic E-state index is -0.770. The smallest absolute Gasteiger partial charge is 0.407 e. The molecular weight excluding hydrogens is 628 g/mol. The van der Waals surface area contributed by atoms with Crippen molar-refractivity contribution in [2.45, 2.75) is 71.1 Å². The zero-order valence-electron chi connectivity index (χ0n) is 25.6. The topological polar surface area (TPSA) is 147 Å². The molecule has 11 nitrogen and oxygen atoms in total. The lowest BCUT2D eigenvalue weighted by Crippen LogP contribution is -2.48. The van der Waals surface area contributed by atoms with E-state index in [0.717, 1.165) is 28.4 Å². The normalized spacial score (nSPS) is 17.4. The number of carbonyl (C=O) groups is 3. The fourth-order valence-electron chi connectivity index (χ4n) is 5.14. The summed E-state index contributed by atoms with van der Waals surface area (Å²) in [5.74, 6) is 0.866. The number of ether oxygens (including phenoxy) is 2. The number of methoxy groups -OCH3 is 1. The Hall–Kier alpha value is -3.77. The second kappa shape index (κ2) is 15.3. The van der Waals surface area contributed by atoms with Crippen LogP contribution in [0.1, 0.15) is 57.8 Å². The van der Waals surface area contributed by atoms with Gasteiger partial charge in [0.05, 0.1) is 0 Å². The van der Waals surface area contributed by atoms with Crippen LogP contribution in [0.4, 0.5) is 10.5 Å². The summed E-state index contributed by atoms with van der Waals surface area (Å²) in [6, 6.07) is 14.2. The van der Waals surface area contributed by atoms with Gasteiger partial charge >= 0.3 is 6.09 Å². The number of H-pyrrole nitrogens is 1. The largest absolute Gasteiger partial charge is 0.444 e. The lowest BCUT2D eigenvalue weighted by Gasteiger charge is -2.29. The Morgan fingerprint density at radius 3 is 2.43 bits per heavy atom. The van der Waals surface area contributed by atoms with Crippen molar-refractivity contribution in [3.63, 3.8) is 0 Å². The highest BCUT2D eigenvalue weighted by Gasteiger charge is 2.30. The summed E-state index contributed by atoms with van der Waals surface area (Å²) in [6.07, 6.45) is 2.90. The average Bonchev–Trinajstić information content (AvgIpc) is 3.44. The van der Waals surface area contributed by atoms with Gasteiger partial charge in [0.25, 0.3) is 0 Å². The number of carbonyl (C=O) groups excluding carboxylic acids is 3. The molecule has 1 heterocycles. The maximum absolute atomic E-state index is 13.5. The molecule has 1 saturated carbocycles. The van der Waals surface area contributed by atoms with Crippen LogP contribution >= 0.6 is 15.9 Å². The van der Waals surface area contributed by atoms with Gasteiger partial charge in [-0.2, -0.15) is 0 Å². The number of nitrogens with zero attached hydrogens (tertiary/aromatic N) is 2. The molecule has 4 rings (SSSR count). The third-order valence-electron chi connectivity index (χ3n) is 7.35. The molecule has 0 aliphatic heterocycles.